The number of aliphatic carboxylic acids is 1. The van der Waals surface area contributed by atoms with Crippen LogP contribution in [-0.4, -0.2) is 48.4 Å². The van der Waals surface area contributed by atoms with Gasteiger partial charge in [0.15, 0.2) is 5.75 Å². The number of aromatic hydroxyl groups is 1. The first-order chi connectivity index (χ1) is 10.8. The first-order valence-electron chi connectivity index (χ1n) is 6.40. The molecule has 4 N–H and O–H groups in total. The van der Waals surface area contributed by atoms with Crippen molar-refractivity contribution in [2.75, 3.05) is 0 Å². The summed E-state index contributed by atoms with van der Waals surface area (Å²) in [6.45, 7) is 0. The second kappa shape index (κ2) is 10.0. The van der Waals surface area contributed by atoms with E-state index in [1.165, 1.54) is 0 Å². The number of ether oxygens (including phenoxy) is 1. The molecule has 9 heteroatoms. The van der Waals surface area contributed by atoms with Gasteiger partial charge in [0.2, 0.25) is 0 Å². The SMILES string of the molecule is N[C@@H](Cc1cc(I)c(Oc2ccc(O)c(I)c2)c(I)c1)C(=O)O.[BiH3]. The summed E-state index contributed by atoms with van der Waals surface area (Å²) in [5.41, 5.74) is 6.43. The van der Waals surface area contributed by atoms with Gasteiger partial charge < -0.3 is 20.7 Å². The van der Waals surface area contributed by atoms with Crippen LogP contribution in [0.15, 0.2) is 30.3 Å². The van der Waals surface area contributed by atoms with Gasteiger partial charge in [-0.3, -0.25) is 4.79 Å². The van der Waals surface area contributed by atoms with E-state index in [4.69, 9.17) is 15.6 Å². The quantitative estimate of drug-likeness (QED) is 0.318. The van der Waals surface area contributed by atoms with Crippen LogP contribution in [0.5, 0.6) is 17.2 Å². The fourth-order valence-electron chi connectivity index (χ4n) is 1.84. The van der Waals surface area contributed by atoms with Crippen molar-refractivity contribution in [1.82, 2.24) is 0 Å². The van der Waals surface area contributed by atoms with Crippen LogP contribution in [0.3, 0.4) is 0 Å². The molecule has 5 nitrogen and oxygen atoms in total. The molecule has 0 heterocycles. The van der Waals surface area contributed by atoms with E-state index in [0.29, 0.717) is 15.1 Å². The Kier molecular flexibility index (Phi) is 9.44. The summed E-state index contributed by atoms with van der Waals surface area (Å²) in [6, 6.07) is 7.83. The van der Waals surface area contributed by atoms with Crippen LogP contribution < -0.4 is 10.5 Å². The van der Waals surface area contributed by atoms with E-state index in [0.717, 1.165) is 12.7 Å². The molecule has 2 aromatic rings. The fourth-order valence-corrected chi connectivity index (χ4v) is 4.44. The Morgan fingerprint density at radius 2 is 1.71 bits per heavy atom. The molecule has 0 saturated heterocycles. The molecule has 2 aromatic carbocycles. The molecule has 1 atom stereocenters. The van der Waals surface area contributed by atoms with Crippen molar-refractivity contribution in [3.8, 4) is 17.2 Å². The third-order valence-electron chi connectivity index (χ3n) is 2.97. The van der Waals surface area contributed by atoms with Gasteiger partial charge in [0, 0.05) is 0 Å². The summed E-state index contributed by atoms with van der Waals surface area (Å²) in [4.78, 5) is 10.9. The second-order valence-electron chi connectivity index (χ2n) is 4.75. The molecule has 0 fully saturated rings. The van der Waals surface area contributed by atoms with Crippen LogP contribution in [-0.2, 0) is 11.2 Å². The molecule has 0 radical (unpaired) electrons. The monoisotopic (exact) mass is 863 g/mol. The summed E-state index contributed by atoms with van der Waals surface area (Å²) < 4.78 is 8.34. The number of benzene rings is 2. The van der Waals surface area contributed by atoms with Gasteiger partial charge in [-0.05, 0) is 110 Å². The van der Waals surface area contributed by atoms with Crippen molar-refractivity contribution in [3.05, 3.63) is 46.6 Å². The zero-order valence-corrected chi connectivity index (χ0v) is 24.3. The maximum atomic E-state index is 10.9. The van der Waals surface area contributed by atoms with Crippen LogP contribution in [0.4, 0.5) is 0 Å². The molecular weight excluding hydrogens is 848 g/mol. The van der Waals surface area contributed by atoms with E-state index in [1.807, 2.05) is 34.7 Å². The van der Waals surface area contributed by atoms with Crippen LogP contribution in [0, 0.1) is 10.7 Å². The first kappa shape index (κ1) is 22.6. The molecule has 0 aliphatic rings. The Labute approximate surface area is 199 Å². The van der Waals surface area contributed by atoms with Crippen molar-refractivity contribution in [3.63, 3.8) is 0 Å². The van der Waals surface area contributed by atoms with Gasteiger partial charge in [-0.15, -0.1) is 0 Å². The van der Waals surface area contributed by atoms with Gasteiger partial charge in [0.25, 0.3) is 0 Å². The predicted octanol–water partition coefficient (Wildman–Crippen LogP) is 2.77. The fraction of sp³-hybridized carbons (Fsp3) is 0.133. The topological polar surface area (TPSA) is 92.8 Å². The number of phenols is 1. The van der Waals surface area contributed by atoms with Gasteiger partial charge in [-0.2, -0.15) is 0 Å². The van der Waals surface area contributed by atoms with Crippen LogP contribution in [0.25, 0.3) is 0 Å². The standard InChI is InChI=1S/C15H12I3NO4.Bi.3H/c16-9-6-8(1-2-13(9)20)23-14-10(17)3-7(4-11(14)18)5-12(19)15(21)22;;;;/h1-4,6,12,20H,5,19H2,(H,21,22);;;;/t12-;;;;/m0..../s1. The van der Waals surface area contributed by atoms with Crippen molar-refractivity contribution in [1.29, 1.82) is 0 Å². The van der Waals surface area contributed by atoms with E-state index in [1.54, 1.807) is 18.2 Å². The van der Waals surface area contributed by atoms with Crippen molar-refractivity contribution >= 4 is 99.9 Å². The van der Waals surface area contributed by atoms with Crippen LogP contribution in [0.2, 0.25) is 0 Å². The Morgan fingerprint density at radius 3 is 2.21 bits per heavy atom. The molecular formula is C15H15BiI3NO4. The van der Waals surface area contributed by atoms with Gasteiger partial charge in [0.05, 0.1) is 10.7 Å². The average molecular weight is 863 g/mol. The van der Waals surface area contributed by atoms with Crippen LogP contribution in [0.1, 0.15) is 5.56 Å². The van der Waals surface area contributed by atoms with Gasteiger partial charge >= 0.3 is 32.2 Å². The third kappa shape index (κ3) is 6.06. The van der Waals surface area contributed by atoms with Gasteiger partial charge in [-0.25, -0.2) is 0 Å². The van der Waals surface area contributed by atoms with Gasteiger partial charge in [-0.1, -0.05) is 0 Å². The van der Waals surface area contributed by atoms with E-state index < -0.39 is 12.0 Å². The molecule has 0 bridgehead atoms. The summed E-state index contributed by atoms with van der Waals surface area (Å²) in [6.07, 6.45) is 0.263. The molecule has 0 aliphatic carbocycles. The number of carboxylic acids is 1. The molecule has 0 saturated carbocycles. The number of halogens is 3. The zero-order valence-electron chi connectivity index (χ0n) is 12.3. The van der Waals surface area contributed by atoms with Crippen LogP contribution >= 0.6 is 67.8 Å². The number of hydrogen-bond donors (Lipinski definition) is 3. The summed E-state index contributed by atoms with van der Waals surface area (Å²) in [5, 5.41) is 18.5. The number of nitrogens with two attached hydrogens (primary N) is 1. The number of hydrogen-bond acceptors (Lipinski definition) is 4. The maximum absolute atomic E-state index is 10.9. The summed E-state index contributed by atoms with van der Waals surface area (Å²) in [5.74, 6) is 0.507. The average Bonchev–Trinajstić information content (AvgIpc) is 2.46. The number of carboxylic acid groups (broad SMARTS) is 1. The molecule has 0 spiro atoms. The van der Waals surface area contributed by atoms with Crippen molar-refractivity contribution in [2.45, 2.75) is 12.5 Å². The summed E-state index contributed by atoms with van der Waals surface area (Å²) in [7, 11) is 0. The Balaban J connectivity index is 0.00000288. The molecule has 0 amide bonds. The van der Waals surface area contributed by atoms with E-state index in [-0.39, 0.29) is 38.4 Å². The third-order valence-corrected chi connectivity index (χ3v) is 5.44. The van der Waals surface area contributed by atoms with E-state index in [2.05, 4.69) is 45.2 Å². The minimum absolute atomic E-state index is 0. The Hall–Kier alpha value is 0.543. The zero-order chi connectivity index (χ0) is 17.1. The first-order valence-corrected chi connectivity index (χ1v) is 9.64. The second-order valence-corrected chi connectivity index (χ2v) is 8.24. The summed E-state index contributed by atoms with van der Waals surface area (Å²) >= 11 is 6.33. The Morgan fingerprint density at radius 1 is 1.12 bits per heavy atom. The van der Waals surface area contributed by atoms with Crippen molar-refractivity contribution in [2.24, 2.45) is 5.73 Å². The normalized spacial score (nSPS) is 11.5. The molecule has 2 rings (SSSR count). The van der Waals surface area contributed by atoms with E-state index in [9.17, 15) is 9.90 Å². The molecule has 0 aliphatic heterocycles. The molecule has 0 unspecified atom stereocenters. The van der Waals surface area contributed by atoms with Crippen molar-refractivity contribution < 1.29 is 19.7 Å². The van der Waals surface area contributed by atoms with Gasteiger partial charge in [0.1, 0.15) is 17.5 Å². The minimum atomic E-state index is -1.02. The number of rotatable bonds is 5. The number of carbonyl (C=O) groups is 1. The Bertz CT molecular complexity index is 734. The van der Waals surface area contributed by atoms with E-state index >= 15 is 0 Å². The number of phenolic OH excluding ortho intramolecular Hbond substituents is 1. The molecule has 0 aromatic heterocycles. The predicted molar refractivity (Wildman–Crippen MR) is 122 cm³/mol. The molecule has 24 heavy (non-hydrogen) atoms. The molecule has 130 valence electrons.